The zero-order chi connectivity index (χ0) is 23.3. The number of benzene rings is 1. The van der Waals surface area contributed by atoms with Gasteiger partial charge in [-0.2, -0.15) is 0 Å². The van der Waals surface area contributed by atoms with E-state index in [4.69, 9.17) is 9.15 Å². The maximum atomic E-state index is 13.1. The van der Waals surface area contributed by atoms with Gasteiger partial charge in [0.15, 0.2) is 11.1 Å². The van der Waals surface area contributed by atoms with Crippen molar-refractivity contribution in [1.82, 2.24) is 25.8 Å². The third-order valence-corrected chi connectivity index (χ3v) is 5.84. The molecule has 2 aliphatic heterocycles. The van der Waals surface area contributed by atoms with Crippen LogP contribution in [0.3, 0.4) is 0 Å². The lowest BCUT2D eigenvalue weighted by molar-refractivity contribution is -0.125. The lowest BCUT2D eigenvalue weighted by atomic mass is 9.95. The van der Waals surface area contributed by atoms with Crippen molar-refractivity contribution in [2.75, 3.05) is 20.7 Å². The van der Waals surface area contributed by atoms with Crippen LogP contribution in [0.2, 0.25) is 0 Å². The molecule has 3 N–H and O–H groups in total. The molecule has 11 heteroatoms. The molecule has 1 fully saturated rings. The number of methoxy groups -OCH3 is 1. The summed E-state index contributed by atoms with van der Waals surface area (Å²) in [5.74, 6) is -0.655. The second kappa shape index (κ2) is 7.33. The molecule has 1 aromatic carbocycles. The smallest absolute Gasteiger partial charge is 0.322 e. The summed E-state index contributed by atoms with van der Waals surface area (Å²) in [6.45, 7) is 0.0882. The van der Waals surface area contributed by atoms with E-state index in [1.54, 1.807) is 18.2 Å². The van der Waals surface area contributed by atoms with E-state index in [1.165, 1.54) is 37.4 Å². The number of nitrogens with one attached hydrogen (secondary N) is 3. The van der Waals surface area contributed by atoms with Gasteiger partial charge in [-0.1, -0.05) is 6.07 Å². The lowest BCUT2D eigenvalue weighted by Crippen LogP contribution is -2.52. The minimum atomic E-state index is -1.66. The number of hydrogen-bond acceptors (Lipinski definition) is 7. The molecule has 168 valence electrons. The van der Waals surface area contributed by atoms with Crippen LogP contribution in [0.15, 0.2) is 40.9 Å². The van der Waals surface area contributed by atoms with Gasteiger partial charge >= 0.3 is 6.03 Å². The summed E-state index contributed by atoms with van der Waals surface area (Å²) in [6, 6.07) is 7.50. The van der Waals surface area contributed by atoms with Crippen LogP contribution >= 0.6 is 0 Å². The van der Waals surface area contributed by atoms with Gasteiger partial charge < -0.3 is 24.7 Å². The average Bonchev–Trinajstić information content (AvgIpc) is 3.46. The summed E-state index contributed by atoms with van der Waals surface area (Å²) >= 11 is 0. The lowest BCUT2D eigenvalue weighted by Gasteiger charge is -2.28. The molecule has 0 aliphatic carbocycles. The third kappa shape index (κ3) is 3.16. The molecule has 0 radical (unpaired) electrons. The predicted octanol–water partition coefficient (Wildman–Crippen LogP) is 0.887. The Hall–Kier alpha value is -4.41. The van der Waals surface area contributed by atoms with Crippen LogP contribution in [0.4, 0.5) is 4.79 Å². The molecule has 5 rings (SSSR count). The van der Waals surface area contributed by atoms with Crippen LogP contribution in [0.25, 0.3) is 11.1 Å². The molecule has 2 aliphatic rings. The van der Waals surface area contributed by atoms with E-state index in [-0.39, 0.29) is 41.8 Å². The van der Waals surface area contributed by atoms with Crippen LogP contribution < -0.4 is 20.7 Å². The van der Waals surface area contributed by atoms with Crippen molar-refractivity contribution >= 4 is 34.9 Å². The first-order valence-electron chi connectivity index (χ1n) is 10.1. The first kappa shape index (κ1) is 20.5. The maximum Gasteiger partial charge on any atom is 0.322 e. The zero-order valence-corrected chi connectivity index (χ0v) is 17.7. The number of pyridine rings is 1. The molecule has 2 aromatic heterocycles. The highest BCUT2D eigenvalue weighted by atomic mass is 16.5. The van der Waals surface area contributed by atoms with Crippen LogP contribution in [0.1, 0.15) is 32.0 Å². The monoisotopic (exact) mass is 449 g/mol. The molecule has 1 saturated heterocycles. The van der Waals surface area contributed by atoms with Crippen LogP contribution in [-0.4, -0.2) is 54.3 Å². The maximum absolute atomic E-state index is 13.1. The Bertz CT molecular complexity index is 1350. The Kier molecular flexibility index (Phi) is 4.55. The Labute approximate surface area is 187 Å². The van der Waals surface area contributed by atoms with Crippen LogP contribution in [0.5, 0.6) is 5.75 Å². The summed E-state index contributed by atoms with van der Waals surface area (Å²) in [5.41, 5.74) is 0.524. The molecule has 11 nitrogen and oxygen atoms in total. The number of furan rings is 1. The molecule has 3 aromatic rings. The summed E-state index contributed by atoms with van der Waals surface area (Å²) in [5, 5.41) is 7.35. The number of nitrogens with zero attached hydrogens (tertiary/aromatic N) is 2. The van der Waals surface area contributed by atoms with Crippen molar-refractivity contribution in [3.8, 4) is 5.75 Å². The van der Waals surface area contributed by atoms with E-state index in [0.717, 1.165) is 5.56 Å². The fourth-order valence-electron chi connectivity index (χ4n) is 4.13. The van der Waals surface area contributed by atoms with Crippen molar-refractivity contribution in [2.45, 2.75) is 12.1 Å². The summed E-state index contributed by atoms with van der Waals surface area (Å²) in [7, 11) is 3.01. The van der Waals surface area contributed by atoms with Crippen molar-refractivity contribution in [3.63, 3.8) is 0 Å². The summed E-state index contributed by atoms with van der Waals surface area (Å²) in [6.07, 6.45) is 1.38. The molecule has 1 atom stereocenters. The van der Waals surface area contributed by atoms with Crippen molar-refractivity contribution in [2.24, 2.45) is 0 Å². The fourth-order valence-corrected chi connectivity index (χ4v) is 4.13. The number of aromatic nitrogens is 1. The van der Waals surface area contributed by atoms with E-state index in [1.807, 2.05) is 0 Å². The van der Waals surface area contributed by atoms with E-state index >= 15 is 0 Å². The predicted molar refractivity (Wildman–Crippen MR) is 113 cm³/mol. The highest BCUT2D eigenvalue weighted by Gasteiger charge is 2.53. The Morgan fingerprint density at radius 3 is 2.79 bits per heavy atom. The number of ether oxygens (including phenoxy) is 1. The number of hydrogen-bond donors (Lipinski definition) is 3. The molecule has 33 heavy (non-hydrogen) atoms. The van der Waals surface area contributed by atoms with Gasteiger partial charge in [0.25, 0.3) is 17.7 Å². The van der Waals surface area contributed by atoms with Gasteiger partial charge in [-0.15, -0.1) is 0 Å². The normalized spacial score (nSPS) is 19.5. The Balaban J connectivity index is 1.54. The summed E-state index contributed by atoms with van der Waals surface area (Å²) < 4.78 is 11.1. The van der Waals surface area contributed by atoms with Gasteiger partial charge in [-0.05, 0) is 23.8 Å². The average molecular weight is 449 g/mol. The molecule has 1 unspecified atom stereocenters. The minimum Gasteiger partial charge on any atom is -0.497 e. The van der Waals surface area contributed by atoms with E-state index in [2.05, 4.69) is 20.9 Å². The van der Waals surface area contributed by atoms with Gasteiger partial charge in [-0.25, -0.2) is 4.79 Å². The largest absolute Gasteiger partial charge is 0.497 e. The van der Waals surface area contributed by atoms with Gasteiger partial charge in [0, 0.05) is 31.4 Å². The molecular weight excluding hydrogens is 430 g/mol. The first-order chi connectivity index (χ1) is 15.8. The molecule has 0 bridgehead atoms. The SMILES string of the molecule is CNC(=O)c1cnc2cc(C3(CN4Cc5ccc(OC)cc5C4=O)NC(=O)NC3=O)oc2c1. The van der Waals surface area contributed by atoms with Crippen LogP contribution in [0, 0.1) is 0 Å². The second-order valence-corrected chi connectivity index (χ2v) is 7.80. The van der Waals surface area contributed by atoms with E-state index in [9.17, 15) is 19.2 Å². The molecular formula is C22H19N5O6. The highest BCUT2D eigenvalue weighted by Crippen LogP contribution is 2.34. The summed E-state index contributed by atoms with van der Waals surface area (Å²) in [4.78, 5) is 55.8. The Morgan fingerprint density at radius 2 is 2.09 bits per heavy atom. The standard InChI is InChI=1S/C22H19N5O6/c1-23-18(28)12-5-16-15(24-8-12)7-17(33-16)22(20(30)25-21(31)26-22)10-27-9-11-3-4-13(32-2)6-14(11)19(27)29/h3-8H,9-10H2,1-2H3,(H,23,28)(H2,25,26,30,31). The van der Waals surface area contributed by atoms with Gasteiger partial charge in [0.2, 0.25) is 0 Å². The fraction of sp³-hybridized carbons (Fsp3) is 0.227. The van der Waals surface area contributed by atoms with Crippen molar-refractivity contribution in [3.05, 3.63) is 59.0 Å². The number of imide groups is 1. The first-order valence-corrected chi connectivity index (χ1v) is 10.1. The van der Waals surface area contributed by atoms with Gasteiger partial charge in [0.05, 0.1) is 19.2 Å². The zero-order valence-electron chi connectivity index (χ0n) is 17.7. The number of fused-ring (bicyclic) bond motifs is 2. The van der Waals surface area contributed by atoms with E-state index in [0.29, 0.717) is 16.8 Å². The third-order valence-electron chi connectivity index (χ3n) is 5.84. The second-order valence-electron chi connectivity index (χ2n) is 7.80. The number of carbonyl (C=O) groups is 4. The number of amides is 5. The number of urea groups is 1. The quantitative estimate of drug-likeness (QED) is 0.491. The molecule has 0 saturated carbocycles. The molecule has 4 heterocycles. The Morgan fingerprint density at radius 1 is 1.27 bits per heavy atom. The van der Waals surface area contributed by atoms with Crippen molar-refractivity contribution < 1.29 is 28.3 Å². The van der Waals surface area contributed by atoms with Crippen molar-refractivity contribution in [1.29, 1.82) is 0 Å². The van der Waals surface area contributed by atoms with Gasteiger partial charge in [0.1, 0.15) is 17.0 Å². The van der Waals surface area contributed by atoms with Crippen LogP contribution in [-0.2, 0) is 16.9 Å². The number of carbonyl (C=O) groups excluding carboxylic acids is 4. The topological polar surface area (TPSA) is 143 Å². The van der Waals surface area contributed by atoms with E-state index < -0.39 is 17.5 Å². The molecule has 0 spiro atoms. The molecule has 5 amide bonds. The number of rotatable bonds is 5. The van der Waals surface area contributed by atoms with Gasteiger partial charge in [-0.3, -0.25) is 24.7 Å². The highest BCUT2D eigenvalue weighted by molar-refractivity contribution is 6.08. The minimum absolute atomic E-state index is 0.101.